The molecule has 0 atom stereocenters. The monoisotopic (exact) mass is 338 g/mol. The average molecular weight is 340 g/mol. The molecule has 2 nitrogen and oxygen atoms in total. The van der Waals surface area contributed by atoms with E-state index in [0.29, 0.717) is 0 Å². The lowest BCUT2D eigenvalue weighted by Crippen LogP contribution is -2.34. The largest absolute Gasteiger partial charge is 0.374 e. The first-order chi connectivity index (χ1) is 9.13. The highest BCUT2D eigenvalue weighted by Crippen LogP contribution is 2.35. The summed E-state index contributed by atoms with van der Waals surface area (Å²) in [5.74, 6) is 0.796. The number of anilines is 1. The Morgan fingerprint density at radius 2 is 2.16 bits per heavy atom. The molecular weight excluding hydrogens is 324 g/mol. The van der Waals surface area contributed by atoms with Crippen LogP contribution < -0.4 is 4.90 Å². The number of hydrogen-bond donors (Lipinski definition) is 0. The van der Waals surface area contributed by atoms with E-state index in [1.54, 1.807) is 0 Å². The molecule has 1 aromatic heterocycles. The van der Waals surface area contributed by atoms with Crippen LogP contribution in [0.4, 0.5) is 5.69 Å². The standard InChI is InChI=1S/C15H16BrClN2/c1-19(9-10-6-11(16)7-10)15-4-5-18-14-8-12(17)2-3-13(14)15/h2-5,8,10-11H,6-7,9H2,1H3. The lowest BCUT2D eigenvalue weighted by atomic mass is 9.85. The van der Waals surface area contributed by atoms with Gasteiger partial charge in [0.25, 0.3) is 0 Å². The lowest BCUT2D eigenvalue weighted by Gasteiger charge is -2.35. The molecule has 2 aromatic rings. The molecule has 3 rings (SSSR count). The Balaban J connectivity index is 1.87. The van der Waals surface area contributed by atoms with Gasteiger partial charge in [-0.3, -0.25) is 4.98 Å². The van der Waals surface area contributed by atoms with Gasteiger partial charge in [0, 0.05) is 40.7 Å². The molecule has 19 heavy (non-hydrogen) atoms. The second-order valence-electron chi connectivity index (χ2n) is 5.31. The summed E-state index contributed by atoms with van der Waals surface area (Å²) in [4.78, 5) is 7.45. The Morgan fingerprint density at radius 1 is 1.37 bits per heavy atom. The van der Waals surface area contributed by atoms with Gasteiger partial charge in [0.15, 0.2) is 0 Å². The second kappa shape index (κ2) is 5.29. The van der Waals surface area contributed by atoms with Gasteiger partial charge in [-0.05, 0) is 43.0 Å². The summed E-state index contributed by atoms with van der Waals surface area (Å²) in [5.41, 5.74) is 2.20. The molecule has 1 heterocycles. The normalized spacial score (nSPS) is 22.3. The van der Waals surface area contributed by atoms with E-state index >= 15 is 0 Å². The summed E-state index contributed by atoms with van der Waals surface area (Å²) in [6.07, 6.45) is 4.41. The van der Waals surface area contributed by atoms with Crippen LogP contribution in [0.1, 0.15) is 12.8 Å². The van der Waals surface area contributed by atoms with Gasteiger partial charge >= 0.3 is 0 Å². The smallest absolute Gasteiger partial charge is 0.0737 e. The molecule has 0 amide bonds. The van der Waals surface area contributed by atoms with E-state index in [9.17, 15) is 0 Å². The molecule has 1 fully saturated rings. The second-order valence-corrected chi connectivity index (χ2v) is 7.04. The zero-order valence-corrected chi connectivity index (χ0v) is 13.2. The number of aromatic nitrogens is 1. The Hall–Kier alpha value is -0.800. The quantitative estimate of drug-likeness (QED) is 0.766. The summed E-state index contributed by atoms with van der Waals surface area (Å²) in [6, 6.07) is 8.00. The molecule has 0 aliphatic heterocycles. The van der Waals surface area contributed by atoms with Crippen molar-refractivity contribution >= 4 is 44.1 Å². The predicted octanol–water partition coefficient (Wildman–Crippen LogP) is 4.50. The predicted molar refractivity (Wildman–Crippen MR) is 85.5 cm³/mol. The van der Waals surface area contributed by atoms with Crippen molar-refractivity contribution in [2.24, 2.45) is 5.92 Å². The van der Waals surface area contributed by atoms with Crippen LogP contribution in [0.5, 0.6) is 0 Å². The highest BCUT2D eigenvalue weighted by atomic mass is 79.9. The Kier molecular flexibility index (Phi) is 3.68. The summed E-state index contributed by atoms with van der Waals surface area (Å²) < 4.78 is 0. The SMILES string of the molecule is CN(CC1CC(Br)C1)c1ccnc2cc(Cl)ccc12. The van der Waals surface area contributed by atoms with E-state index in [4.69, 9.17) is 11.6 Å². The fraction of sp³-hybridized carbons (Fsp3) is 0.400. The number of hydrogen-bond acceptors (Lipinski definition) is 2. The number of pyridine rings is 1. The van der Waals surface area contributed by atoms with Crippen LogP contribution >= 0.6 is 27.5 Å². The summed E-state index contributed by atoms with van der Waals surface area (Å²) in [5, 5.41) is 1.91. The molecule has 1 aliphatic carbocycles. The molecule has 1 aliphatic rings. The van der Waals surface area contributed by atoms with Gasteiger partial charge in [-0.25, -0.2) is 0 Å². The van der Waals surface area contributed by atoms with Crippen LogP contribution in [0.3, 0.4) is 0 Å². The lowest BCUT2D eigenvalue weighted by molar-refractivity contribution is 0.339. The summed E-state index contributed by atoms with van der Waals surface area (Å²) >= 11 is 9.67. The van der Waals surface area contributed by atoms with Gasteiger partial charge in [0.2, 0.25) is 0 Å². The molecule has 1 aromatic carbocycles. The third-order valence-corrected chi connectivity index (χ3v) is 4.79. The molecule has 0 N–H and O–H groups in total. The van der Waals surface area contributed by atoms with Crippen LogP contribution in [0.15, 0.2) is 30.5 Å². The minimum absolute atomic E-state index is 0.721. The van der Waals surface area contributed by atoms with Crippen molar-refractivity contribution in [1.82, 2.24) is 4.98 Å². The van der Waals surface area contributed by atoms with Gasteiger partial charge in [0.1, 0.15) is 0 Å². The van der Waals surface area contributed by atoms with Crippen molar-refractivity contribution in [3.63, 3.8) is 0 Å². The fourth-order valence-corrected chi connectivity index (χ4v) is 3.95. The van der Waals surface area contributed by atoms with E-state index in [1.807, 2.05) is 18.3 Å². The Bertz CT molecular complexity index is 596. The van der Waals surface area contributed by atoms with Crippen molar-refractivity contribution in [1.29, 1.82) is 0 Å². The van der Waals surface area contributed by atoms with E-state index < -0.39 is 0 Å². The Labute approximate surface area is 126 Å². The zero-order valence-electron chi connectivity index (χ0n) is 10.8. The van der Waals surface area contributed by atoms with Crippen LogP contribution in [0.25, 0.3) is 10.9 Å². The first-order valence-electron chi connectivity index (χ1n) is 6.53. The highest BCUT2D eigenvalue weighted by molar-refractivity contribution is 9.09. The molecule has 0 spiro atoms. The number of nitrogens with zero attached hydrogens (tertiary/aromatic N) is 2. The van der Waals surface area contributed by atoms with E-state index in [0.717, 1.165) is 27.8 Å². The molecule has 100 valence electrons. The van der Waals surface area contributed by atoms with Crippen LogP contribution in [0.2, 0.25) is 5.02 Å². The maximum absolute atomic E-state index is 6.02. The maximum atomic E-state index is 6.02. The van der Waals surface area contributed by atoms with Crippen molar-refractivity contribution in [2.75, 3.05) is 18.5 Å². The number of rotatable bonds is 3. The molecular formula is C15H16BrClN2. The van der Waals surface area contributed by atoms with Gasteiger partial charge in [-0.15, -0.1) is 0 Å². The first-order valence-corrected chi connectivity index (χ1v) is 7.82. The van der Waals surface area contributed by atoms with Gasteiger partial charge < -0.3 is 4.90 Å². The minimum atomic E-state index is 0.721. The maximum Gasteiger partial charge on any atom is 0.0737 e. The molecule has 0 unspecified atom stereocenters. The highest BCUT2D eigenvalue weighted by Gasteiger charge is 2.27. The molecule has 0 saturated heterocycles. The third kappa shape index (κ3) is 2.72. The van der Waals surface area contributed by atoms with Crippen molar-refractivity contribution < 1.29 is 0 Å². The van der Waals surface area contributed by atoms with Crippen LogP contribution in [-0.2, 0) is 0 Å². The number of alkyl halides is 1. The topological polar surface area (TPSA) is 16.1 Å². The van der Waals surface area contributed by atoms with Crippen LogP contribution in [-0.4, -0.2) is 23.4 Å². The van der Waals surface area contributed by atoms with Crippen molar-refractivity contribution in [2.45, 2.75) is 17.7 Å². The first kappa shape index (κ1) is 13.2. The van der Waals surface area contributed by atoms with Crippen LogP contribution in [0, 0.1) is 5.92 Å². The average Bonchev–Trinajstić information content (AvgIpc) is 2.35. The number of benzene rings is 1. The number of halogens is 2. The fourth-order valence-electron chi connectivity index (χ4n) is 2.73. The van der Waals surface area contributed by atoms with Crippen molar-refractivity contribution in [3.8, 4) is 0 Å². The summed E-state index contributed by atoms with van der Waals surface area (Å²) in [7, 11) is 2.16. The minimum Gasteiger partial charge on any atom is -0.374 e. The Morgan fingerprint density at radius 3 is 2.89 bits per heavy atom. The molecule has 4 heteroatoms. The molecule has 0 radical (unpaired) electrons. The van der Waals surface area contributed by atoms with Gasteiger partial charge in [-0.2, -0.15) is 0 Å². The third-order valence-electron chi connectivity index (χ3n) is 3.80. The van der Waals surface area contributed by atoms with Crippen molar-refractivity contribution in [3.05, 3.63) is 35.5 Å². The van der Waals surface area contributed by atoms with E-state index in [-0.39, 0.29) is 0 Å². The van der Waals surface area contributed by atoms with E-state index in [1.165, 1.54) is 23.9 Å². The number of fused-ring (bicyclic) bond motifs is 1. The molecule has 1 saturated carbocycles. The summed E-state index contributed by atoms with van der Waals surface area (Å²) in [6.45, 7) is 1.10. The molecule has 0 bridgehead atoms. The van der Waals surface area contributed by atoms with Gasteiger partial charge in [0.05, 0.1) is 5.52 Å². The zero-order chi connectivity index (χ0) is 13.4. The van der Waals surface area contributed by atoms with Gasteiger partial charge in [-0.1, -0.05) is 27.5 Å². The van der Waals surface area contributed by atoms with E-state index in [2.05, 4.69) is 45.0 Å².